The van der Waals surface area contributed by atoms with Gasteiger partial charge in [-0.3, -0.25) is 4.79 Å². The number of aromatic nitrogens is 1. The molecular formula is C19H18N2O2S. The maximum Gasteiger partial charge on any atom is 0.227 e. The maximum absolute atomic E-state index is 12.3. The van der Waals surface area contributed by atoms with Crippen molar-refractivity contribution in [1.82, 2.24) is 4.98 Å². The fraction of sp³-hybridized carbons (Fsp3) is 0.263. The van der Waals surface area contributed by atoms with E-state index >= 15 is 0 Å². The zero-order chi connectivity index (χ0) is 16.4. The van der Waals surface area contributed by atoms with Gasteiger partial charge in [0.2, 0.25) is 5.91 Å². The largest absolute Gasteiger partial charge is 0.381 e. The Morgan fingerprint density at radius 1 is 1.08 bits per heavy atom. The van der Waals surface area contributed by atoms with Crippen LogP contribution in [0.25, 0.3) is 20.8 Å². The highest BCUT2D eigenvalue weighted by Gasteiger charge is 2.21. The third-order valence-corrected chi connectivity index (χ3v) is 5.37. The van der Waals surface area contributed by atoms with E-state index < -0.39 is 0 Å². The van der Waals surface area contributed by atoms with E-state index in [0.717, 1.165) is 34.6 Å². The number of nitrogens with zero attached hydrogens (tertiary/aromatic N) is 1. The number of hydrogen-bond donors (Lipinski definition) is 1. The van der Waals surface area contributed by atoms with Crippen LogP contribution in [-0.4, -0.2) is 24.1 Å². The van der Waals surface area contributed by atoms with Gasteiger partial charge in [-0.05, 0) is 49.2 Å². The Hall–Kier alpha value is -2.24. The first kappa shape index (κ1) is 15.3. The van der Waals surface area contributed by atoms with Gasteiger partial charge in [0.1, 0.15) is 5.01 Å². The van der Waals surface area contributed by atoms with Crippen molar-refractivity contribution < 1.29 is 9.53 Å². The van der Waals surface area contributed by atoms with E-state index in [4.69, 9.17) is 4.74 Å². The van der Waals surface area contributed by atoms with Gasteiger partial charge in [0.05, 0.1) is 10.2 Å². The van der Waals surface area contributed by atoms with Crippen LogP contribution in [0.1, 0.15) is 12.8 Å². The molecule has 0 bridgehead atoms. The molecule has 0 saturated carbocycles. The Bertz CT molecular complexity index is 818. The molecule has 0 radical (unpaired) electrons. The zero-order valence-corrected chi connectivity index (χ0v) is 14.0. The summed E-state index contributed by atoms with van der Waals surface area (Å²) in [4.78, 5) is 16.9. The number of amides is 1. The molecule has 0 aliphatic carbocycles. The predicted octanol–water partition coefficient (Wildman–Crippen LogP) is 4.33. The average Bonchev–Trinajstić information content (AvgIpc) is 3.07. The summed E-state index contributed by atoms with van der Waals surface area (Å²) in [5, 5.41) is 4.00. The van der Waals surface area contributed by atoms with E-state index in [2.05, 4.69) is 16.4 Å². The number of rotatable bonds is 3. The maximum atomic E-state index is 12.3. The van der Waals surface area contributed by atoms with Gasteiger partial charge in [-0.2, -0.15) is 0 Å². The fourth-order valence-electron chi connectivity index (χ4n) is 2.90. The highest BCUT2D eigenvalue weighted by molar-refractivity contribution is 7.21. The summed E-state index contributed by atoms with van der Waals surface area (Å²) in [6.45, 7) is 1.35. The molecule has 122 valence electrons. The van der Waals surface area contributed by atoms with Crippen molar-refractivity contribution in [2.24, 2.45) is 5.92 Å². The number of carbonyl (C=O) groups excluding carboxylic acids is 1. The molecule has 1 amide bonds. The van der Waals surface area contributed by atoms with E-state index in [0.29, 0.717) is 13.2 Å². The molecule has 1 fully saturated rings. The molecule has 1 aromatic heterocycles. The van der Waals surface area contributed by atoms with Gasteiger partial charge >= 0.3 is 0 Å². The van der Waals surface area contributed by atoms with Crippen molar-refractivity contribution in [3.63, 3.8) is 0 Å². The minimum Gasteiger partial charge on any atom is -0.381 e. The lowest BCUT2D eigenvalue weighted by molar-refractivity contribution is -0.122. The van der Waals surface area contributed by atoms with Crippen LogP contribution in [0.15, 0.2) is 48.5 Å². The second-order valence-electron chi connectivity index (χ2n) is 5.94. The quantitative estimate of drug-likeness (QED) is 0.773. The molecule has 1 aliphatic rings. The van der Waals surface area contributed by atoms with Crippen LogP contribution in [0.4, 0.5) is 5.69 Å². The summed E-state index contributed by atoms with van der Waals surface area (Å²) in [6.07, 6.45) is 1.60. The average molecular weight is 338 g/mol. The Kier molecular flexibility index (Phi) is 4.28. The molecule has 4 rings (SSSR count). The predicted molar refractivity (Wildman–Crippen MR) is 97.2 cm³/mol. The van der Waals surface area contributed by atoms with E-state index in [1.54, 1.807) is 11.3 Å². The molecule has 1 N–H and O–H groups in total. The SMILES string of the molecule is O=C(Nc1ccc(-c2nc3ccccc3s2)cc1)C1CCOCC1. The van der Waals surface area contributed by atoms with Gasteiger partial charge in [-0.25, -0.2) is 4.98 Å². The highest BCUT2D eigenvalue weighted by atomic mass is 32.1. The second-order valence-corrected chi connectivity index (χ2v) is 6.97. The monoisotopic (exact) mass is 338 g/mol. The Balaban J connectivity index is 1.48. The number of fused-ring (bicyclic) bond motifs is 1. The van der Waals surface area contributed by atoms with Crippen LogP contribution in [0.5, 0.6) is 0 Å². The Morgan fingerprint density at radius 3 is 2.58 bits per heavy atom. The number of thiazole rings is 1. The minimum absolute atomic E-state index is 0.0580. The third-order valence-electron chi connectivity index (χ3n) is 4.29. The first-order valence-electron chi connectivity index (χ1n) is 8.14. The van der Waals surface area contributed by atoms with Gasteiger partial charge in [-0.1, -0.05) is 12.1 Å². The van der Waals surface area contributed by atoms with Gasteiger partial charge < -0.3 is 10.1 Å². The summed E-state index contributed by atoms with van der Waals surface area (Å²) in [6, 6.07) is 16.0. The third kappa shape index (κ3) is 3.18. The topological polar surface area (TPSA) is 51.2 Å². The number of hydrogen-bond acceptors (Lipinski definition) is 4. The summed E-state index contributed by atoms with van der Waals surface area (Å²) in [7, 11) is 0. The van der Waals surface area contributed by atoms with Gasteiger partial charge in [-0.15, -0.1) is 11.3 Å². The second kappa shape index (κ2) is 6.71. The standard InChI is InChI=1S/C19H18N2O2S/c22-18(13-9-11-23-12-10-13)20-15-7-5-14(6-8-15)19-21-16-3-1-2-4-17(16)24-19/h1-8,13H,9-12H2,(H,20,22). The van der Waals surface area contributed by atoms with Crippen molar-refractivity contribution in [3.8, 4) is 10.6 Å². The highest BCUT2D eigenvalue weighted by Crippen LogP contribution is 2.30. The molecule has 3 aromatic rings. The molecule has 24 heavy (non-hydrogen) atoms. The minimum atomic E-state index is 0.0580. The Labute approximate surface area is 144 Å². The lowest BCUT2D eigenvalue weighted by Crippen LogP contribution is -2.28. The Morgan fingerprint density at radius 2 is 1.83 bits per heavy atom. The van der Waals surface area contributed by atoms with E-state index in [-0.39, 0.29) is 11.8 Å². The molecule has 4 nitrogen and oxygen atoms in total. The molecule has 2 aromatic carbocycles. The van der Waals surface area contributed by atoms with Crippen LogP contribution in [0, 0.1) is 5.92 Å². The summed E-state index contributed by atoms with van der Waals surface area (Å²) in [5.41, 5.74) is 2.92. The molecule has 2 heterocycles. The summed E-state index contributed by atoms with van der Waals surface area (Å²) in [5.74, 6) is 0.147. The normalized spacial score (nSPS) is 15.5. The zero-order valence-electron chi connectivity index (χ0n) is 13.2. The van der Waals surface area contributed by atoms with E-state index in [9.17, 15) is 4.79 Å². The lowest BCUT2D eigenvalue weighted by Gasteiger charge is -2.21. The van der Waals surface area contributed by atoms with Gasteiger partial charge in [0, 0.05) is 30.4 Å². The van der Waals surface area contributed by atoms with Crippen LogP contribution in [-0.2, 0) is 9.53 Å². The van der Waals surface area contributed by atoms with E-state index in [1.165, 1.54) is 4.70 Å². The van der Waals surface area contributed by atoms with Crippen LogP contribution in [0.2, 0.25) is 0 Å². The van der Waals surface area contributed by atoms with Crippen LogP contribution in [0.3, 0.4) is 0 Å². The molecule has 5 heteroatoms. The first-order chi connectivity index (χ1) is 11.8. The summed E-state index contributed by atoms with van der Waals surface area (Å²) >= 11 is 1.68. The van der Waals surface area contributed by atoms with Crippen molar-refractivity contribution in [3.05, 3.63) is 48.5 Å². The fourth-order valence-corrected chi connectivity index (χ4v) is 3.87. The van der Waals surface area contributed by atoms with Gasteiger partial charge in [0.15, 0.2) is 0 Å². The number of ether oxygens (including phenoxy) is 1. The van der Waals surface area contributed by atoms with E-state index in [1.807, 2.05) is 42.5 Å². The number of nitrogens with one attached hydrogen (secondary N) is 1. The number of anilines is 1. The van der Waals surface area contributed by atoms with Gasteiger partial charge in [0.25, 0.3) is 0 Å². The smallest absolute Gasteiger partial charge is 0.227 e. The number of para-hydroxylation sites is 1. The lowest BCUT2D eigenvalue weighted by atomic mass is 9.99. The summed E-state index contributed by atoms with van der Waals surface area (Å²) < 4.78 is 6.49. The van der Waals surface area contributed by atoms with Crippen molar-refractivity contribution >= 4 is 33.1 Å². The molecule has 0 atom stereocenters. The molecule has 1 saturated heterocycles. The van der Waals surface area contributed by atoms with Crippen molar-refractivity contribution in [2.75, 3.05) is 18.5 Å². The molecule has 1 aliphatic heterocycles. The van der Waals surface area contributed by atoms with Crippen LogP contribution < -0.4 is 5.32 Å². The van der Waals surface area contributed by atoms with Crippen LogP contribution >= 0.6 is 11.3 Å². The first-order valence-corrected chi connectivity index (χ1v) is 8.96. The van der Waals surface area contributed by atoms with Crippen molar-refractivity contribution in [1.29, 1.82) is 0 Å². The number of benzene rings is 2. The molecule has 0 spiro atoms. The van der Waals surface area contributed by atoms with Crippen molar-refractivity contribution in [2.45, 2.75) is 12.8 Å². The number of carbonyl (C=O) groups is 1. The molecular weight excluding hydrogens is 320 g/mol. The molecule has 0 unspecified atom stereocenters.